The van der Waals surface area contributed by atoms with Crippen LogP contribution in [0.4, 0.5) is 13.2 Å². The number of ether oxygens (including phenoxy) is 1. The van der Waals surface area contributed by atoms with E-state index in [0.717, 1.165) is 29.2 Å². The second-order valence-electron chi connectivity index (χ2n) is 6.17. The molecular formula is C19H25F3N4OS. The van der Waals surface area contributed by atoms with E-state index in [1.165, 1.54) is 17.0 Å². The Morgan fingerprint density at radius 3 is 2.46 bits per heavy atom. The number of hydrogen-bond acceptors (Lipinski definition) is 4. The van der Waals surface area contributed by atoms with Crippen molar-refractivity contribution in [2.75, 3.05) is 19.7 Å². The molecule has 2 aromatic rings. The second-order valence-corrected chi connectivity index (χ2v) is 7.46. The van der Waals surface area contributed by atoms with E-state index in [-0.39, 0.29) is 5.75 Å². The predicted octanol–water partition coefficient (Wildman–Crippen LogP) is 4.00. The van der Waals surface area contributed by atoms with Crippen LogP contribution in [0.5, 0.6) is 5.75 Å². The molecule has 1 aromatic carbocycles. The molecule has 0 aliphatic rings. The summed E-state index contributed by atoms with van der Waals surface area (Å²) >= 11 is 1.70. The first kappa shape index (κ1) is 22.0. The van der Waals surface area contributed by atoms with Crippen LogP contribution in [-0.4, -0.2) is 36.8 Å². The zero-order valence-corrected chi connectivity index (χ0v) is 17.0. The largest absolute Gasteiger partial charge is 0.484 e. The number of aryl methyl sites for hydroxylation is 2. The van der Waals surface area contributed by atoms with Crippen molar-refractivity contribution in [1.82, 2.24) is 15.6 Å². The average Bonchev–Trinajstić information content (AvgIpc) is 2.96. The van der Waals surface area contributed by atoms with Crippen molar-refractivity contribution in [2.45, 2.75) is 39.9 Å². The number of nitrogens with zero attached hydrogens (tertiary/aromatic N) is 2. The Balaban J connectivity index is 1.85. The van der Waals surface area contributed by atoms with Crippen LogP contribution < -0.4 is 15.4 Å². The molecule has 5 nitrogen and oxygen atoms in total. The number of alkyl halides is 3. The van der Waals surface area contributed by atoms with Gasteiger partial charge < -0.3 is 15.4 Å². The van der Waals surface area contributed by atoms with Crippen LogP contribution >= 0.6 is 11.3 Å². The number of rotatable bonds is 8. The van der Waals surface area contributed by atoms with Gasteiger partial charge in [0.15, 0.2) is 12.6 Å². The van der Waals surface area contributed by atoms with E-state index in [9.17, 15) is 13.2 Å². The number of thiazole rings is 1. The molecule has 0 radical (unpaired) electrons. The van der Waals surface area contributed by atoms with Gasteiger partial charge in [0, 0.05) is 24.4 Å². The van der Waals surface area contributed by atoms with E-state index in [4.69, 9.17) is 4.74 Å². The van der Waals surface area contributed by atoms with Gasteiger partial charge in [0.2, 0.25) is 0 Å². The zero-order chi connectivity index (χ0) is 20.6. The van der Waals surface area contributed by atoms with Gasteiger partial charge in [-0.1, -0.05) is 12.1 Å². The fourth-order valence-electron chi connectivity index (χ4n) is 2.30. The van der Waals surface area contributed by atoms with E-state index < -0.39 is 12.8 Å². The molecular weight excluding hydrogens is 389 g/mol. The summed E-state index contributed by atoms with van der Waals surface area (Å²) in [5.41, 5.74) is 1.95. The molecule has 154 valence electrons. The summed E-state index contributed by atoms with van der Waals surface area (Å²) in [6, 6.07) is 6.45. The highest BCUT2D eigenvalue weighted by molar-refractivity contribution is 7.11. The van der Waals surface area contributed by atoms with Gasteiger partial charge in [0.25, 0.3) is 0 Å². The highest BCUT2D eigenvalue weighted by Gasteiger charge is 2.28. The molecule has 1 heterocycles. The van der Waals surface area contributed by atoms with Crippen molar-refractivity contribution in [1.29, 1.82) is 0 Å². The number of aromatic nitrogens is 1. The van der Waals surface area contributed by atoms with E-state index in [1.807, 2.05) is 13.8 Å². The minimum atomic E-state index is -4.34. The third kappa shape index (κ3) is 7.75. The summed E-state index contributed by atoms with van der Waals surface area (Å²) in [7, 11) is 0. The summed E-state index contributed by atoms with van der Waals surface area (Å²) in [4.78, 5) is 10.3. The van der Waals surface area contributed by atoms with Crippen LogP contribution in [0, 0.1) is 13.8 Å². The van der Waals surface area contributed by atoms with E-state index in [2.05, 4.69) is 27.5 Å². The second kappa shape index (κ2) is 10.3. The van der Waals surface area contributed by atoms with Crippen molar-refractivity contribution in [3.05, 3.63) is 45.4 Å². The van der Waals surface area contributed by atoms with Crippen LogP contribution in [0.2, 0.25) is 0 Å². The lowest BCUT2D eigenvalue weighted by Crippen LogP contribution is -2.38. The molecule has 1 aromatic heterocycles. The highest BCUT2D eigenvalue weighted by Crippen LogP contribution is 2.19. The average molecular weight is 414 g/mol. The maximum atomic E-state index is 12.2. The van der Waals surface area contributed by atoms with Gasteiger partial charge in [-0.2, -0.15) is 13.2 Å². The highest BCUT2D eigenvalue weighted by atomic mass is 32.1. The molecule has 0 saturated carbocycles. The van der Waals surface area contributed by atoms with Crippen molar-refractivity contribution in [3.63, 3.8) is 0 Å². The van der Waals surface area contributed by atoms with Gasteiger partial charge in [-0.05, 0) is 38.5 Å². The van der Waals surface area contributed by atoms with Crippen LogP contribution in [0.15, 0.2) is 29.3 Å². The Hall–Kier alpha value is -2.29. The topological polar surface area (TPSA) is 58.5 Å². The summed E-state index contributed by atoms with van der Waals surface area (Å²) in [5, 5.41) is 7.54. The molecule has 28 heavy (non-hydrogen) atoms. The zero-order valence-electron chi connectivity index (χ0n) is 16.2. The van der Waals surface area contributed by atoms with Crippen LogP contribution in [-0.2, 0) is 13.0 Å². The number of guanidine groups is 1. The molecule has 0 fully saturated rings. The number of hydrogen-bond donors (Lipinski definition) is 2. The SMILES string of the molecule is CCNC(=NCc1ccc(OCC(F)(F)F)cc1)NCCc1nc(C)c(C)s1. The van der Waals surface area contributed by atoms with Gasteiger partial charge in [-0.25, -0.2) is 9.98 Å². The summed E-state index contributed by atoms with van der Waals surface area (Å²) < 4.78 is 41.2. The molecule has 0 amide bonds. The normalized spacial score (nSPS) is 12.1. The van der Waals surface area contributed by atoms with Gasteiger partial charge >= 0.3 is 6.18 Å². The third-order valence-corrected chi connectivity index (χ3v) is 4.93. The first-order chi connectivity index (χ1) is 13.3. The monoisotopic (exact) mass is 414 g/mol. The van der Waals surface area contributed by atoms with E-state index in [0.29, 0.717) is 19.0 Å². The molecule has 0 aliphatic carbocycles. The van der Waals surface area contributed by atoms with Gasteiger partial charge in [-0.15, -0.1) is 11.3 Å². The van der Waals surface area contributed by atoms with Crippen molar-refractivity contribution in [3.8, 4) is 5.75 Å². The fourth-order valence-corrected chi connectivity index (χ4v) is 3.24. The maximum absolute atomic E-state index is 12.2. The van der Waals surface area contributed by atoms with Crippen molar-refractivity contribution < 1.29 is 17.9 Å². The van der Waals surface area contributed by atoms with E-state index in [1.54, 1.807) is 23.5 Å². The van der Waals surface area contributed by atoms with Crippen LogP contribution in [0.1, 0.15) is 28.1 Å². The Morgan fingerprint density at radius 1 is 1.18 bits per heavy atom. The standard InChI is InChI=1S/C19H25F3N4OS/c1-4-23-18(24-10-9-17-26-13(2)14(3)28-17)25-11-15-5-7-16(8-6-15)27-12-19(20,21)22/h5-8H,4,9-12H2,1-3H3,(H2,23,24,25). The third-order valence-electron chi connectivity index (χ3n) is 3.79. The predicted molar refractivity (Wildman–Crippen MR) is 106 cm³/mol. The van der Waals surface area contributed by atoms with Crippen molar-refractivity contribution >= 4 is 17.3 Å². The first-order valence-corrected chi connectivity index (χ1v) is 9.82. The summed E-state index contributed by atoms with van der Waals surface area (Å²) in [5.74, 6) is 0.869. The molecule has 0 aliphatic heterocycles. The number of aliphatic imine (C=N–C) groups is 1. The van der Waals surface area contributed by atoms with E-state index >= 15 is 0 Å². The quantitative estimate of drug-likeness (QED) is 0.506. The Labute approximate surface area is 167 Å². The van der Waals surface area contributed by atoms with Gasteiger partial charge in [-0.3, -0.25) is 0 Å². The molecule has 9 heteroatoms. The Morgan fingerprint density at radius 2 is 1.89 bits per heavy atom. The molecule has 0 saturated heterocycles. The molecule has 0 bridgehead atoms. The number of benzene rings is 1. The smallest absolute Gasteiger partial charge is 0.422 e. The number of nitrogens with one attached hydrogen (secondary N) is 2. The lowest BCUT2D eigenvalue weighted by Gasteiger charge is -2.11. The minimum absolute atomic E-state index is 0.184. The van der Waals surface area contributed by atoms with Crippen molar-refractivity contribution in [2.24, 2.45) is 4.99 Å². The Bertz CT molecular complexity index is 753. The Kier molecular flexibility index (Phi) is 8.10. The van der Waals surface area contributed by atoms with Crippen LogP contribution in [0.3, 0.4) is 0 Å². The minimum Gasteiger partial charge on any atom is -0.484 e. The van der Waals surface area contributed by atoms with Crippen LogP contribution in [0.25, 0.3) is 0 Å². The summed E-state index contributed by atoms with van der Waals surface area (Å²) in [6.45, 7) is 6.61. The summed E-state index contributed by atoms with van der Waals surface area (Å²) in [6.07, 6.45) is -3.53. The van der Waals surface area contributed by atoms with Gasteiger partial charge in [0.05, 0.1) is 17.2 Å². The maximum Gasteiger partial charge on any atom is 0.422 e. The number of halogens is 3. The fraction of sp³-hybridized carbons (Fsp3) is 0.474. The molecule has 2 rings (SSSR count). The molecule has 2 N–H and O–H groups in total. The van der Waals surface area contributed by atoms with Gasteiger partial charge in [0.1, 0.15) is 5.75 Å². The molecule has 0 atom stereocenters. The molecule has 0 spiro atoms. The lowest BCUT2D eigenvalue weighted by molar-refractivity contribution is -0.153. The molecule has 0 unspecified atom stereocenters. The first-order valence-electron chi connectivity index (χ1n) is 9.00. The lowest BCUT2D eigenvalue weighted by atomic mass is 10.2.